The van der Waals surface area contributed by atoms with Gasteiger partial charge in [0.15, 0.2) is 10.4 Å². The zero-order valence-corrected chi connectivity index (χ0v) is 15.5. The summed E-state index contributed by atoms with van der Waals surface area (Å²) in [6.45, 7) is 7.68. The van der Waals surface area contributed by atoms with Gasteiger partial charge in [-0.25, -0.2) is 0 Å². The Morgan fingerprint density at radius 1 is 1.38 bits per heavy atom. The Labute approximate surface area is 150 Å². The van der Waals surface area contributed by atoms with Gasteiger partial charge in [-0.2, -0.15) is 0 Å². The van der Waals surface area contributed by atoms with Gasteiger partial charge in [0, 0.05) is 5.75 Å². The standard InChI is InChI=1S/C17H21N3O2S2/c1-4-11-23-17-20-19-16(24-17)18-15(21)14(6-3)22-13-9-7-12(5-2)8-10-13/h4,7-10,14H,1,5-6,11H2,2-3H3,(H,18,19,21). The maximum atomic E-state index is 12.4. The molecule has 0 aliphatic carbocycles. The smallest absolute Gasteiger partial charge is 0.267 e. The number of carbonyl (C=O) groups is 1. The van der Waals surface area contributed by atoms with Crippen molar-refractivity contribution in [3.05, 3.63) is 42.5 Å². The maximum Gasteiger partial charge on any atom is 0.267 e. The van der Waals surface area contributed by atoms with Crippen molar-refractivity contribution < 1.29 is 9.53 Å². The fourth-order valence-electron chi connectivity index (χ4n) is 1.92. The fourth-order valence-corrected chi connectivity index (χ4v) is 3.44. The summed E-state index contributed by atoms with van der Waals surface area (Å²) in [6, 6.07) is 7.80. The topological polar surface area (TPSA) is 64.1 Å². The van der Waals surface area contributed by atoms with E-state index in [-0.39, 0.29) is 5.91 Å². The molecule has 1 amide bonds. The molecule has 1 N–H and O–H groups in total. The van der Waals surface area contributed by atoms with E-state index < -0.39 is 6.10 Å². The summed E-state index contributed by atoms with van der Waals surface area (Å²) in [5.41, 5.74) is 1.23. The summed E-state index contributed by atoms with van der Waals surface area (Å²) in [4.78, 5) is 12.4. The Morgan fingerprint density at radius 3 is 2.75 bits per heavy atom. The normalized spacial score (nSPS) is 11.8. The second-order valence-electron chi connectivity index (χ2n) is 4.97. The SMILES string of the molecule is C=CCSc1nnc(NC(=O)C(CC)Oc2ccc(CC)cc2)s1. The molecule has 0 radical (unpaired) electrons. The van der Waals surface area contributed by atoms with Gasteiger partial charge >= 0.3 is 0 Å². The van der Waals surface area contributed by atoms with E-state index in [1.165, 1.54) is 28.7 Å². The molecule has 1 heterocycles. The molecule has 0 aliphatic heterocycles. The van der Waals surface area contributed by atoms with Crippen LogP contribution < -0.4 is 10.1 Å². The first-order chi connectivity index (χ1) is 11.7. The first-order valence-electron chi connectivity index (χ1n) is 7.79. The van der Waals surface area contributed by atoms with E-state index in [9.17, 15) is 4.79 Å². The predicted octanol–water partition coefficient (Wildman–Crippen LogP) is 4.17. The number of hydrogen-bond acceptors (Lipinski definition) is 6. The minimum atomic E-state index is -0.564. The van der Waals surface area contributed by atoms with Gasteiger partial charge < -0.3 is 4.74 Å². The molecular formula is C17H21N3O2S2. The molecule has 24 heavy (non-hydrogen) atoms. The van der Waals surface area contributed by atoms with Crippen LogP contribution in [0.5, 0.6) is 5.75 Å². The summed E-state index contributed by atoms with van der Waals surface area (Å²) < 4.78 is 6.60. The van der Waals surface area contributed by atoms with Crippen LogP contribution in [0.3, 0.4) is 0 Å². The number of anilines is 1. The van der Waals surface area contributed by atoms with Crippen LogP contribution >= 0.6 is 23.1 Å². The van der Waals surface area contributed by atoms with E-state index in [2.05, 4.69) is 29.0 Å². The van der Waals surface area contributed by atoms with E-state index in [4.69, 9.17) is 4.74 Å². The minimum absolute atomic E-state index is 0.214. The Bertz CT molecular complexity index is 671. The number of carbonyl (C=O) groups excluding carboxylic acids is 1. The minimum Gasteiger partial charge on any atom is -0.481 e. The number of amides is 1. The van der Waals surface area contributed by atoms with Gasteiger partial charge in [0.1, 0.15) is 5.75 Å². The molecule has 0 bridgehead atoms. The number of thioether (sulfide) groups is 1. The molecule has 1 unspecified atom stereocenters. The Balaban J connectivity index is 1.94. The number of hydrogen-bond donors (Lipinski definition) is 1. The van der Waals surface area contributed by atoms with E-state index in [1.54, 1.807) is 6.08 Å². The molecule has 0 spiro atoms. The van der Waals surface area contributed by atoms with Crippen molar-refractivity contribution in [3.63, 3.8) is 0 Å². The molecule has 0 saturated heterocycles. The van der Waals surface area contributed by atoms with Crippen LogP contribution in [0.25, 0.3) is 0 Å². The van der Waals surface area contributed by atoms with Crippen LogP contribution in [0.15, 0.2) is 41.3 Å². The van der Waals surface area contributed by atoms with E-state index in [1.807, 2.05) is 31.2 Å². The van der Waals surface area contributed by atoms with Gasteiger partial charge in [-0.1, -0.05) is 55.2 Å². The van der Waals surface area contributed by atoms with Crippen LogP contribution in [0, 0.1) is 0 Å². The molecule has 7 heteroatoms. The third kappa shape index (κ3) is 5.35. The zero-order chi connectivity index (χ0) is 17.4. The number of nitrogens with zero attached hydrogens (tertiary/aromatic N) is 2. The first kappa shape index (κ1) is 18.5. The lowest BCUT2D eigenvalue weighted by molar-refractivity contribution is -0.122. The summed E-state index contributed by atoms with van der Waals surface area (Å²) in [7, 11) is 0. The summed E-state index contributed by atoms with van der Waals surface area (Å²) >= 11 is 2.88. The number of rotatable bonds is 9. The summed E-state index contributed by atoms with van der Waals surface area (Å²) in [5.74, 6) is 1.24. The number of ether oxygens (including phenoxy) is 1. The van der Waals surface area contributed by atoms with E-state index in [0.29, 0.717) is 17.3 Å². The van der Waals surface area contributed by atoms with E-state index in [0.717, 1.165) is 16.5 Å². The van der Waals surface area contributed by atoms with Crippen LogP contribution in [0.1, 0.15) is 25.8 Å². The van der Waals surface area contributed by atoms with Gasteiger partial charge in [-0.05, 0) is 30.5 Å². The highest BCUT2D eigenvalue weighted by atomic mass is 32.2. The molecule has 5 nitrogen and oxygen atoms in total. The highest BCUT2D eigenvalue weighted by molar-refractivity contribution is 8.01. The highest BCUT2D eigenvalue weighted by Crippen LogP contribution is 2.25. The summed E-state index contributed by atoms with van der Waals surface area (Å²) in [5, 5.41) is 11.3. The molecule has 1 atom stereocenters. The quantitative estimate of drug-likeness (QED) is 0.411. The second kappa shape index (κ2) is 9.44. The molecule has 128 valence electrons. The van der Waals surface area contributed by atoms with Crippen molar-refractivity contribution in [2.45, 2.75) is 37.1 Å². The Hall–Kier alpha value is -1.86. The van der Waals surface area contributed by atoms with Gasteiger partial charge in [-0.15, -0.1) is 16.8 Å². The molecule has 2 rings (SSSR count). The van der Waals surface area contributed by atoms with Gasteiger partial charge in [0.25, 0.3) is 5.91 Å². The van der Waals surface area contributed by atoms with Gasteiger partial charge in [0.2, 0.25) is 5.13 Å². The van der Waals surface area contributed by atoms with E-state index >= 15 is 0 Å². The number of benzene rings is 1. The predicted molar refractivity (Wildman–Crippen MR) is 100.0 cm³/mol. The lowest BCUT2D eigenvalue weighted by atomic mass is 10.2. The monoisotopic (exact) mass is 363 g/mol. The molecule has 0 saturated carbocycles. The largest absolute Gasteiger partial charge is 0.481 e. The molecule has 1 aromatic carbocycles. The van der Waals surface area contributed by atoms with Gasteiger partial charge in [-0.3, -0.25) is 10.1 Å². The van der Waals surface area contributed by atoms with Gasteiger partial charge in [0.05, 0.1) is 0 Å². The fraction of sp³-hybridized carbons (Fsp3) is 0.353. The second-order valence-corrected chi connectivity index (χ2v) is 7.22. The molecule has 0 aliphatic rings. The van der Waals surface area contributed by atoms with Crippen molar-refractivity contribution >= 4 is 34.1 Å². The van der Waals surface area contributed by atoms with Crippen molar-refractivity contribution in [1.82, 2.24) is 10.2 Å². The zero-order valence-electron chi connectivity index (χ0n) is 13.8. The third-order valence-corrected chi connectivity index (χ3v) is 5.20. The van der Waals surface area contributed by atoms with Crippen molar-refractivity contribution in [3.8, 4) is 5.75 Å². The molecule has 1 aromatic heterocycles. The van der Waals surface area contributed by atoms with Crippen molar-refractivity contribution in [1.29, 1.82) is 0 Å². The molecular weight excluding hydrogens is 342 g/mol. The Morgan fingerprint density at radius 2 is 2.12 bits per heavy atom. The van der Waals surface area contributed by atoms with Crippen LogP contribution in [-0.2, 0) is 11.2 Å². The van der Waals surface area contributed by atoms with Crippen LogP contribution in [0.2, 0.25) is 0 Å². The molecule has 0 fully saturated rings. The average molecular weight is 364 g/mol. The maximum absolute atomic E-state index is 12.4. The Kier molecular flexibility index (Phi) is 7.27. The first-order valence-corrected chi connectivity index (χ1v) is 9.60. The third-order valence-electron chi connectivity index (χ3n) is 3.23. The van der Waals surface area contributed by atoms with Crippen molar-refractivity contribution in [2.24, 2.45) is 0 Å². The lowest BCUT2D eigenvalue weighted by Crippen LogP contribution is -2.32. The number of aryl methyl sites for hydroxylation is 1. The lowest BCUT2D eigenvalue weighted by Gasteiger charge is -2.16. The van der Waals surface area contributed by atoms with Crippen molar-refractivity contribution in [2.75, 3.05) is 11.1 Å². The highest BCUT2D eigenvalue weighted by Gasteiger charge is 2.20. The van der Waals surface area contributed by atoms with Crippen LogP contribution in [0.4, 0.5) is 5.13 Å². The average Bonchev–Trinajstić information content (AvgIpc) is 3.05. The number of nitrogens with one attached hydrogen (secondary N) is 1. The number of aromatic nitrogens is 2. The molecule has 2 aromatic rings. The van der Waals surface area contributed by atoms with Crippen LogP contribution in [-0.4, -0.2) is 28.0 Å². The summed E-state index contributed by atoms with van der Waals surface area (Å²) in [6.07, 6.45) is 2.78.